The van der Waals surface area contributed by atoms with Gasteiger partial charge in [0.15, 0.2) is 0 Å². The summed E-state index contributed by atoms with van der Waals surface area (Å²) in [4.78, 5) is 0. The van der Waals surface area contributed by atoms with E-state index in [2.05, 4.69) is 49.3 Å². The first kappa shape index (κ1) is 15.4. The smallest absolute Gasteiger partial charge is 0.0649 e. The number of nitrogens with one attached hydrogen (secondary N) is 1. The molecule has 1 aromatic rings. The minimum absolute atomic E-state index is 0.589. The van der Waals surface area contributed by atoms with Crippen molar-refractivity contribution in [3.8, 4) is 0 Å². The zero-order valence-corrected chi connectivity index (χ0v) is 14.1. The molecule has 1 nitrogen and oxygen atoms in total. The van der Waals surface area contributed by atoms with E-state index in [9.17, 15) is 0 Å². The average Bonchev–Trinajstić information content (AvgIpc) is 2.84. The SMILES string of the molecule is CCCCC(CCC)NC1C[C@H](C)Sc2sccc21. The van der Waals surface area contributed by atoms with Crippen molar-refractivity contribution < 1.29 is 0 Å². The number of hydrogen-bond donors (Lipinski definition) is 1. The van der Waals surface area contributed by atoms with Crippen LogP contribution in [0.15, 0.2) is 15.7 Å². The molecular formula is C16H27NS2. The van der Waals surface area contributed by atoms with Crippen LogP contribution in [0.3, 0.4) is 0 Å². The molecular weight excluding hydrogens is 270 g/mol. The van der Waals surface area contributed by atoms with Gasteiger partial charge >= 0.3 is 0 Å². The monoisotopic (exact) mass is 297 g/mol. The van der Waals surface area contributed by atoms with Gasteiger partial charge in [-0.3, -0.25) is 0 Å². The van der Waals surface area contributed by atoms with E-state index in [1.807, 2.05) is 11.3 Å². The number of rotatable bonds is 7. The quantitative estimate of drug-likeness (QED) is 0.700. The average molecular weight is 298 g/mol. The van der Waals surface area contributed by atoms with Crippen LogP contribution >= 0.6 is 23.1 Å². The Bertz CT molecular complexity index is 375. The van der Waals surface area contributed by atoms with Gasteiger partial charge in [0.2, 0.25) is 0 Å². The van der Waals surface area contributed by atoms with Crippen molar-refractivity contribution in [1.29, 1.82) is 0 Å². The molecule has 3 heteroatoms. The maximum absolute atomic E-state index is 3.96. The third kappa shape index (κ3) is 4.24. The molecule has 2 unspecified atom stereocenters. The van der Waals surface area contributed by atoms with Gasteiger partial charge in [0.25, 0.3) is 0 Å². The first-order chi connectivity index (χ1) is 9.24. The first-order valence-corrected chi connectivity index (χ1v) is 9.50. The zero-order valence-electron chi connectivity index (χ0n) is 12.4. The molecule has 2 heterocycles. The molecule has 0 fully saturated rings. The Morgan fingerprint density at radius 1 is 1.32 bits per heavy atom. The maximum Gasteiger partial charge on any atom is 0.0649 e. The van der Waals surface area contributed by atoms with E-state index in [1.54, 1.807) is 9.77 Å². The zero-order chi connectivity index (χ0) is 13.7. The van der Waals surface area contributed by atoms with Crippen molar-refractivity contribution in [1.82, 2.24) is 5.32 Å². The fraction of sp³-hybridized carbons (Fsp3) is 0.750. The van der Waals surface area contributed by atoms with Crippen molar-refractivity contribution in [3.05, 3.63) is 17.0 Å². The molecule has 1 aliphatic rings. The Morgan fingerprint density at radius 2 is 2.16 bits per heavy atom. The summed E-state index contributed by atoms with van der Waals surface area (Å²) in [5.41, 5.74) is 1.56. The predicted octanol–water partition coefficient (Wildman–Crippen LogP) is 5.62. The minimum atomic E-state index is 0.589. The van der Waals surface area contributed by atoms with Gasteiger partial charge in [-0.05, 0) is 36.3 Å². The summed E-state index contributed by atoms with van der Waals surface area (Å²) >= 11 is 3.97. The van der Waals surface area contributed by atoms with Crippen molar-refractivity contribution in [2.45, 2.75) is 80.8 Å². The number of fused-ring (bicyclic) bond motifs is 1. The van der Waals surface area contributed by atoms with Crippen LogP contribution in [0, 0.1) is 0 Å². The third-order valence-corrected chi connectivity index (χ3v) is 6.23. The van der Waals surface area contributed by atoms with Crippen molar-refractivity contribution in [2.75, 3.05) is 0 Å². The second kappa shape index (κ2) is 7.70. The van der Waals surface area contributed by atoms with Crippen LogP contribution in [-0.4, -0.2) is 11.3 Å². The van der Waals surface area contributed by atoms with Gasteiger partial charge in [0.05, 0.1) is 4.21 Å². The highest BCUT2D eigenvalue weighted by atomic mass is 32.2. The molecule has 0 amide bonds. The normalized spacial score (nSPS) is 24.2. The van der Waals surface area contributed by atoms with Crippen LogP contribution in [0.1, 0.15) is 70.9 Å². The fourth-order valence-corrected chi connectivity index (χ4v) is 5.47. The summed E-state index contributed by atoms with van der Waals surface area (Å²) in [7, 11) is 0. The largest absolute Gasteiger partial charge is 0.307 e. The third-order valence-electron chi connectivity index (χ3n) is 3.89. The second-order valence-electron chi connectivity index (χ2n) is 5.67. The molecule has 3 atom stereocenters. The number of unbranched alkanes of at least 4 members (excludes halogenated alkanes) is 1. The molecule has 1 N–H and O–H groups in total. The lowest BCUT2D eigenvalue weighted by Gasteiger charge is -2.31. The van der Waals surface area contributed by atoms with E-state index < -0.39 is 0 Å². The molecule has 0 saturated carbocycles. The molecule has 0 radical (unpaired) electrons. The number of thiophene rings is 1. The standard InChI is InChI=1S/C16H27NS2/c1-4-6-8-13(7-5-2)17-15-11-12(3)19-16-14(15)9-10-18-16/h9-10,12-13,15,17H,4-8,11H2,1-3H3/t12-,13?,15?/m0/s1. The Morgan fingerprint density at radius 3 is 2.89 bits per heavy atom. The van der Waals surface area contributed by atoms with Gasteiger partial charge in [-0.2, -0.15) is 0 Å². The number of thioether (sulfide) groups is 1. The molecule has 0 bridgehead atoms. The van der Waals surface area contributed by atoms with Gasteiger partial charge in [0.1, 0.15) is 0 Å². The molecule has 1 aromatic heterocycles. The van der Waals surface area contributed by atoms with Crippen LogP contribution < -0.4 is 5.32 Å². The second-order valence-corrected chi connectivity index (χ2v) is 8.30. The highest BCUT2D eigenvalue weighted by Crippen LogP contribution is 2.44. The molecule has 0 aromatic carbocycles. The van der Waals surface area contributed by atoms with Gasteiger partial charge in [-0.15, -0.1) is 23.1 Å². The van der Waals surface area contributed by atoms with Gasteiger partial charge in [-0.25, -0.2) is 0 Å². The van der Waals surface area contributed by atoms with Crippen molar-refractivity contribution >= 4 is 23.1 Å². The van der Waals surface area contributed by atoms with Crippen LogP contribution in [0.5, 0.6) is 0 Å². The van der Waals surface area contributed by atoms with E-state index >= 15 is 0 Å². The summed E-state index contributed by atoms with van der Waals surface area (Å²) in [5.74, 6) is 0. The Balaban J connectivity index is 2.00. The highest BCUT2D eigenvalue weighted by Gasteiger charge is 2.27. The van der Waals surface area contributed by atoms with E-state index in [-0.39, 0.29) is 0 Å². The lowest BCUT2D eigenvalue weighted by molar-refractivity contribution is 0.366. The Labute approximate surface area is 126 Å². The van der Waals surface area contributed by atoms with E-state index in [0.29, 0.717) is 12.1 Å². The van der Waals surface area contributed by atoms with Crippen LogP contribution in [0.2, 0.25) is 0 Å². The van der Waals surface area contributed by atoms with Crippen LogP contribution in [-0.2, 0) is 0 Å². The Kier molecular flexibility index (Phi) is 6.24. The van der Waals surface area contributed by atoms with Crippen molar-refractivity contribution in [2.24, 2.45) is 0 Å². The van der Waals surface area contributed by atoms with Gasteiger partial charge in [0, 0.05) is 17.3 Å². The first-order valence-electron chi connectivity index (χ1n) is 7.74. The molecule has 2 rings (SSSR count). The molecule has 0 aliphatic carbocycles. The Hall–Kier alpha value is 0.0100. The molecule has 0 saturated heterocycles. The van der Waals surface area contributed by atoms with Crippen LogP contribution in [0.25, 0.3) is 0 Å². The van der Waals surface area contributed by atoms with E-state index in [4.69, 9.17) is 0 Å². The lowest BCUT2D eigenvalue weighted by Crippen LogP contribution is -2.35. The van der Waals surface area contributed by atoms with E-state index in [0.717, 1.165) is 5.25 Å². The van der Waals surface area contributed by atoms with Gasteiger partial charge < -0.3 is 5.32 Å². The summed E-state index contributed by atoms with van der Waals surface area (Å²) in [5, 5.41) is 6.96. The fourth-order valence-electron chi connectivity index (χ4n) is 2.90. The highest BCUT2D eigenvalue weighted by molar-refractivity contribution is 8.01. The summed E-state index contributed by atoms with van der Waals surface area (Å²) in [6.07, 6.45) is 7.88. The molecule has 0 spiro atoms. The minimum Gasteiger partial charge on any atom is -0.307 e. The summed E-state index contributed by atoms with van der Waals surface area (Å²) in [6.45, 7) is 6.96. The molecule has 1 aliphatic heterocycles. The van der Waals surface area contributed by atoms with E-state index in [1.165, 1.54) is 38.5 Å². The lowest BCUT2D eigenvalue weighted by atomic mass is 9.99. The topological polar surface area (TPSA) is 12.0 Å². The van der Waals surface area contributed by atoms with Crippen LogP contribution in [0.4, 0.5) is 0 Å². The summed E-state index contributed by atoms with van der Waals surface area (Å²) in [6, 6.07) is 3.63. The summed E-state index contributed by atoms with van der Waals surface area (Å²) < 4.78 is 1.54. The van der Waals surface area contributed by atoms with Gasteiger partial charge in [-0.1, -0.05) is 40.0 Å². The predicted molar refractivity (Wildman–Crippen MR) is 88.4 cm³/mol. The number of hydrogen-bond acceptors (Lipinski definition) is 3. The molecule has 108 valence electrons. The van der Waals surface area contributed by atoms with Crippen molar-refractivity contribution in [3.63, 3.8) is 0 Å². The molecule has 19 heavy (non-hydrogen) atoms. The maximum atomic E-state index is 3.96.